The maximum Gasteiger partial charge on any atom is 0.317 e. The van der Waals surface area contributed by atoms with Gasteiger partial charge in [0, 0.05) is 0 Å². The van der Waals surface area contributed by atoms with Gasteiger partial charge in [0.15, 0.2) is 0 Å². The Morgan fingerprint density at radius 3 is 2.50 bits per heavy atom. The lowest BCUT2D eigenvalue weighted by molar-refractivity contribution is -0.138. The number of likely N-dealkylation sites (tertiary alicyclic amines) is 1. The number of piperidine rings is 1. The van der Waals surface area contributed by atoms with Crippen molar-refractivity contribution in [2.45, 2.75) is 12.8 Å². The topological polar surface area (TPSA) is 66.6 Å². The number of carboxylic acid groups (broad SMARTS) is 1. The second-order valence-electron chi connectivity index (χ2n) is 3.35. The van der Waals surface area contributed by atoms with Crippen LogP contribution in [0.1, 0.15) is 12.8 Å². The van der Waals surface area contributed by atoms with Gasteiger partial charge in [0.05, 0.1) is 6.54 Å². The molecule has 1 heterocycles. The van der Waals surface area contributed by atoms with Crippen LogP contribution in [-0.4, -0.2) is 42.2 Å². The highest BCUT2D eigenvalue weighted by atomic mass is 16.4. The number of carbonyl (C=O) groups is 1. The van der Waals surface area contributed by atoms with E-state index in [9.17, 15) is 4.79 Å². The average molecular weight is 172 g/mol. The summed E-state index contributed by atoms with van der Waals surface area (Å²) in [7, 11) is 0. The Bertz CT molecular complexity index is 153. The van der Waals surface area contributed by atoms with Gasteiger partial charge in [0.2, 0.25) is 0 Å². The van der Waals surface area contributed by atoms with Crippen LogP contribution in [0.25, 0.3) is 0 Å². The summed E-state index contributed by atoms with van der Waals surface area (Å²) in [5.74, 6) is -0.128. The molecule has 4 nitrogen and oxygen atoms in total. The van der Waals surface area contributed by atoms with Crippen LogP contribution in [0.3, 0.4) is 0 Å². The van der Waals surface area contributed by atoms with Crippen LogP contribution in [0.5, 0.6) is 0 Å². The third-order valence-corrected chi connectivity index (χ3v) is 2.40. The highest BCUT2D eigenvalue weighted by Gasteiger charge is 2.18. The first-order valence-corrected chi connectivity index (χ1v) is 4.36. The minimum Gasteiger partial charge on any atom is -0.480 e. The molecule has 70 valence electrons. The van der Waals surface area contributed by atoms with Crippen molar-refractivity contribution in [2.75, 3.05) is 26.2 Å². The Morgan fingerprint density at radius 2 is 2.08 bits per heavy atom. The molecule has 0 aliphatic carbocycles. The van der Waals surface area contributed by atoms with E-state index in [1.165, 1.54) is 0 Å². The molecule has 0 spiro atoms. The summed E-state index contributed by atoms with van der Waals surface area (Å²) in [6.07, 6.45) is 2.09. The van der Waals surface area contributed by atoms with Crippen molar-refractivity contribution in [2.24, 2.45) is 11.7 Å². The molecule has 0 aromatic carbocycles. The largest absolute Gasteiger partial charge is 0.480 e. The third kappa shape index (κ3) is 2.79. The van der Waals surface area contributed by atoms with Crippen molar-refractivity contribution in [1.29, 1.82) is 0 Å². The number of hydrogen-bond donors (Lipinski definition) is 2. The molecule has 1 fully saturated rings. The van der Waals surface area contributed by atoms with Gasteiger partial charge in [-0.25, -0.2) is 0 Å². The Balaban J connectivity index is 2.21. The van der Waals surface area contributed by atoms with E-state index in [2.05, 4.69) is 0 Å². The highest BCUT2D eigenvalue weighted by Crippen LogP contribution is 2.14. The first kappa shape index (κ1) is 9.48. The van der Waals surface area contributed by atoms with Crippen LogP contribution >= 0.6 is 0 Å². The third-order valence-electron chi connectivity index (χ3n) is 2.40. The van der Waals surface area contributed by atoms with Crippen LogP contribution in [0.2, 0.25) is 0 Å². The monoisotopic (exact) mass is 172 g/mol. The number of hydrogen-bond acceptors (Lipinski definition) is 3. The number of nitrogens with two attached hydrogens (primary N) is 1. The Hall–Kier alpha value is -0.610. The molecular formula is C8H16N2O2. The maximum absolute atomic E-state index is 10.4. The lowest BCUT2D eigenvalue weighted by Crippen LogP contribution is -2.38. The second kappa shape index (κ2) is 4.42. The molecule has 1 rings (SSSR count). The fourth-order valence-electron chi connectivity index (χ4n) is 1.57. The molecule has 1 aliphatic rings. The molecule has 0 aromatic heterocycles. The van der Waals surface area contributed by atoms with Crippen molar-refractivity contribution >= 4 is 5.97 Å². The fourth-order valence-corrected chi connectivity index (χ4v) is 1.57. The van der Waals surface area contributed by atoms with Crippen LogP contribution in [-0.2, 0) is 4.79 Å². The molecule has 0 bridgehead atoms. The quantitative estimate of drug-likeness (QED) is 0.615. The van der Waals surface area contributed by atoms with Crippen molar-refractivity contribution in [1.82, 2.24) is 4.90 Å². The van der Waals surface area contributed by atoms with Gasteiger partial charge in [0.25, 0.3) is 0 Å². The van der Waals surface area contributed by atoms with E-state index in [0.717, 1.165) is 32.5 Å². The summed E-state index contributed by atoms with van der Waals surface area (Å²) in [6, 6.07) is 0. The lowest BCUT2D eigenvalue weighted by Gasteiger charge is -2.29. The van der Waals surface area contributed by atoms with Crippen molar-refractivity contribution in [3.05, 3.63) is 0 Å². The van der Waals surface area contributed by atoms with Gasteiger partial charge in [-0.15, -0.1) is 0 Å². The zero-order valence-electron chi connectivity index (χ0n) is 7.20. The SMILES string of the molecule is NCC1CCN(CC(=O)O)CC1. The summed E-state index contributed by atoms with van der Waals surface area (Å²) in [6.45, 7) is 2.68. The standard InChI is InChI=1S/C8H16N2O2/c9-5-7-1-3-10(4-2-7)6-8(11)12/h7H,1-6,9H2,(H,11,12). The van der Waals surface area contributed by atoms with Crippen LogP contribution in [0.15, 0.2) is 0 Å². The Morgan fingerprint density at radius 1 is 1.50 bits per heavy atom. The van der Waals surface area contributed by atoms with Crippen LogP contribution in [0.4, 0.5) is 0 Å². The zero-order valence-corrected chi connectivity index (χ0v) is 7.20. The lowest BCUT2D eigenvalue weighted by atomic mass is 9.97. The predicted molar refractivity (Wildman–Crippen MR) is 45.9 cm³/mol. The Kier molecular flexibility index (Phi) is 3.49. The number of aliphatic carboxylic acids is 1. The van der Waals surface area contributed by atoms with Crippen molar-refractivity contribution < 1.29 is 9.90 Å². The van der Waals surface area contributed by atoms with E-state index in [1.54, 1.807) is 0 Å². The smallest absolute Gasteiger partial charge is 0.317 e. The fraction of sp³-hybridized carbons (Fsp3) is 0.875. The molecule has 12 heavy (non-hydrogen) atoms. The van der Waals surface area contributed by atoms with Gasteiger partial charge in [-0.1, -0.05) is 0 Å². The van der Waals surface area contributed by atoms with E-state index in [-0.39, 0.29) is 6.54 Å². The number of rotatable bonds is 3. The average Bonchev–Trinajstić information content (AvgIpc) is 2.05. The molecule has 0 aromatic rings. The van der Waals surface area contributed by atoms with Crippen LogP contribution < -0.4 is 5.73 Å². The molecule has 3 N–H and O–H groups in total. The van der Waals surface area contributed by atoms with E-state index in [0.29, 0.717) is 5.92 Å². The molecule has 0 amide bonds. The molecule has 1 aliphatic heterocycles. The molecule has 0 atom stereocenters. The van der Waals surface area contributed by atoms with E-state index in [1.807, 2.05) is 4.90 Å². The number of carboxylic acids is 1. The van der Waals surface area contributed by atoms with Gasteiger partial charge < -0.3 is 10.8 Å². The van der Waals surface area contributed by atoms with Gasteiger partial charge in [-0.05, 0) is 38.4 Å². The van der Waals surface area contributed by atoms with E-state index < -0.39 is 5.97 Å². The molecule has 0 saturated carbocycles. The normalized spacial score (nSPS) is 21.1. The zero-order chi connectivity index (χ0) is 8.97. The summed E-state index contributed by atoms with van der Waals surface area (Å²) >= 11 is 0. The van der Waals surface area contributed by atoms with Gasteiger partial charge in [-0.3, -0.25) is 9.69 Å². The first-order valence-electron chi connectivity index (χ1n) is 4.36. The van der Waals surface area contributed by atoms with Crippen LogP contribution in [0, 0.1) is 5.92 Å². The highest BCUT2D eigenvalue weighted by molar-refractivity contribution is 5.69. The number of nitrogens with zero attached hydrogens (tertiary/aromatic N) is 1. The molecule has 0 radical (unpaired) electrons. The molecule has 0 unspecified atom stereocenters. The molecule has 1 saturated heterocycles. The van der Waals surface area contributed by atoms with E-state index in [4.69, 9.17) is 10.8 Å². The summed E-state index contributed by atoms with van der Waals surface area (Å²) in [5, 5.41) is 8.52. The molecular weight excluding hydrogens is 156 g/mol. The summed E-state index contributed by atoms with van der Waals surface area (Å²) < 4.78 is 0. The van der Waals surface area contributed by atoms with Gasteiger partial charge in [0.1, 0.15) is 0 Å². The van der Waals surface area contributed by atoms with Gasteiger partial charge >= 0.3 is 5.97 Å². The molecule has 4 heteroatoms. The second-order valence-corrected chi connectivity index (χ2v) is 3.35. The van der Waals surface area contributed by atoms with Crippen molar-refractivity contribution in [3.63, 3.8) is 0 Å². The van der Waals surface area contributed by atoms with Gasteiger partial charge in [-0.2, -0.15) is 0 Å². The summed E-state index contributed by atoms with van der Waals surface area (Å²) in [5.41, 5.74) is 5.52. The maximum atomic E-state index is 10.4. The minimum absolute atomic E-state index is 0.178. The Labute approximate surface area is 72.3 Å². The predicted octanol–water partition coefficient (Wildman–Crippen LogP) is -0.258. The van der Waals surface area contributed by atoms with E-state index >= 15 is 0 Å². The summed E-state index contributed by atoms with van der Waals surface area (Å²) in [4.78, 5) is 12.3. The first-order chi connectivity index (χ1) is 5.72. The minimum atomic E-state index is -0.735. The van der Waals surface area contributed by atoms with Crippen molar-refractivity contribution in [3.8, 4) is 0 Å².